The summed E-state index contributed by atoms with van der Waals surface area (Å²) in [5.74, 6) is 1.67. The predicted molar refractivity (Wildman–Crippen MR) is 70.1 cm³/mol. The molecule has 2 atom stereocenters. The summed E-state index contributed by atoms with van der Waals surface area (Å²) in [5, 5.41) is 3.55. The Morgan fingerprint density at radius 2 is 2.06 bits per heavy atom. The predicted octanol–water partition coefficient (Wildman–Crippen LogP) is 2.49. The van der Waals surface area contributed by atoms with Crippen LogP contribution in [0.4, 0.5) is 0 Å². The molecular weight excluding hydrogens is 230 g/mol. The van der Waals surface area contributed by atoms with Crippen LogP contribution in [0.2, 0.25) is 0 Å². The lowest BCUT2D eigenvalue weighted by Crippen LogP contribution is -2.29. The summed E-state index contributed by atoms with van der Waals surface area (Å²) in [6.45, 7) is 5.43. The van der Waals surface area contributed by atoms with Gasteiger partial charge in [0.2, 0.25) is 6.79 Å². The van der Waals surface area contributed by atoms with Crippen LogP contribution in [0.5, 0.6) is 11.5 Å². The monoisotopic (exact) mass is 251 g/mol. The van der Waals surface area contributed by atoms with E-state index in [1.807, 2.05) is 12.1 Å². The molecule has 0 saturated carbocycles. The molecule has 100 valence electrons. The Kier molecular flexibility index (Phi) is 4.44. The molecule has 0 amide bonds. The van der Waals surface area contributed by atoms with Gasteiger partial charge in [0.25, 0.3) is 0 Å². The Balaban J connectivity index is 1.94. The van der Waals surface area contributed by atoms with E-state index in [4.69, 9.17) is 14.2 Å². The molecule has 2 unspecified atom stereocenters. The van der Waals surface area contributed by atoms with E-state index in [2.05, 4.69) is 25.2 Å². The maximum Gasteiger partial charge on any atom is 0.231 e. The molecule has 0 fully saturated rings. The summed E-state index contributed by atoms with van der Waals surface area (Å²) < 4.78 is 15.8. The van der Waals surface area contributed by atoms with Crippen molar-refractivity contribution in [3.8, 4) is 11.5 Å². The zero-order valence-corrected chi connectivity index (χ0v) is 11.2. The second kappa shape index (κ2) is 6.07. The first-order valence-electron chi connectivity index (χ1n) is 6.35. The average molecular weight is 251 g/mol. The maximum atomic E-state index is 5.39. The molecule has 18 heavy (non-hydrogen) atoms. The molecule has 1 aromatic rings. The second-order valence-corrected chi connectivity index (χ2v) is 4.68. The molecule has 1 N–H and O–H groups in total. The summed E-state index contributed by atoms with van der Waals surface area (Å²) in [5.41, 5.74) is 1.21. The van der Waals surface area contributed by atoms with Crippen LogP contribution in [0.15, 0.2) is 18.2 Å². The van der Waals surface area contributed by atoms with E-state index in [1.54, 1.807) is 7.11 Å². The van der Waals surface area contributed by atoms with E-state index in [0.717, 1.165) is 24.5 Å². The largest absolute Gasteiger partial charge is 0.454 e. The minimum absolute atomic E-state index is 0.284. The zero-order chi connectivity index (χ0) is 13.0. The molecule has 0 radical (unpaired) electrons. The van der Waals surface area contributed by atoms with E-state index in [0.29, 0.717) is 12.8 Å². The van der Waals surface area contributed by atoms with Gasteiger partial charge in [-0.15, -0.1) is 0 Å². The molecule has 1 aliphatic rings. The number of rotatable bonds is 6. The van der Waals surface area contributed by atoms with Crippen molar-refractivity contribution in [2.24, 2.45) is 0 Å². The third-order valence-corrected chi connectivity index (χ3v) is 3.19. The van der Waals surface area contributed by atoms with Crippen molar-refractivity contribution in [1.82, 2.24) is 5.32 Å². The lowest BCUT2D eigenvalue weighted by Gasteiger charge is -2.20. The van der Waals surface area contributed by atoms with Crippen LogP contribution in [0.3, 0.4) is 0 Å². The molecule has 4 heteroatoms. The summed E-state index contributed by atoms with van der Waals surface area (Å²) in [6.07, 6.45) is 1.01. The van der Waals surface area contributed by atoms with Gasteiger partial charge in [-0.1, -0.05) is 6.07 Å². The molecule has 1 aliphatic heterocycles. The number of fused-ring (bicyclic) bond motifs is 1. The summed E-state index contributed by atoms with van der Waals surface area (Å²) in [4.78, 5) is 0. The number of hydrogen-bond acceptors (Lipinski definition) is 4. The quantitative estimate of drug-likeness (QED) is 0.843. The number of benzene rings is 1. The standard InChI is InChI=1S/C14H21NO3/c1-10(6-7-16-3)15-11(2)12-4-5-13-14(8-12)18-9-17-13/h4-5,8,10-11,15H,6-7,9H2,1-3H3. The Bertz CT molecular complexity index is 395. The molecule has 0 saturated heterocycles. The van der Waals surface area contributed by atoms with Crippen LogP contribution in [0.25, 0.3) is 0 Å². The number of hydrogen-bond donors (Lipinski definition) is 1. The Morgan fingerprint density at radius 3 is 2.83 bits per heavy atom. The van der Waals surface area contributed by atoms with E-state index in [9.17, 15) is 0 Å². The molecule has 1 aromatic carbocycles. The highest BCUT2D eigenvalue weighted by Crippen LogP contribution is 2.34. The Hall–Kier alpha value is -1.26. The first-order chi connectivity index (χ1) is 8.70. The van der Waals surface area contributed by atoms with Crippen LogP contribution >= 0.6 is 0 Å². The van der Waals surface area contributed by atoms with E-state index < -0.39 is 0 Å². The fourth-order valence-corrected chi connectivity index (χ4v) is 2.08. The summed E-state index contributed by atoms with van der Waals surface area (Å²) in [7, 11) is 1.73. The van der Waals surface area contributed by atoms with Crippen molar-refractivity contribution in [3.63, 3.8) is 0 Å². The van der Waals surface area contributed by atoms with Crippen LogP contribution < -0.4 is 14.8 Å². The van der Waals surface area contributed by atoms with Crippen LogP contribution in [0, 0.1) is 0 Å². The van der Waals surface area contributed by atoms with Crippen molar-refractivity contribution in [3.05, 3.63) is 23.8 Å². The van der Waals surface area contributed by atoms with Crippen molar-refractivity contribution in [2.75, 3.05) is 20.5 Å². The Labute approximate surface area is 108 Å². The van der Waals surface area contributed by atoms with Gasteiger partial charge < -0.3 is 19.5 Å². The molecule has 2 rings (SSSR count). The summed E-state index contributed by atoms with van der Waals surface area (Å²) in [6, 6.07) is 6.80. The van der Waals surface area contributed by atoms with Gasteiger partial charge >= 0.3 is 0 Å². The highest BCUT2D eigenvalue weighted by molar-refractivity contribution is 5.45. The Morgan fingerprint density at radius 1 is 1.28 bits per heavy atom. The number of ether oxygens (including phenoxy) is 3. The second-order valence-electron chi connectivity index (χ2n) is 4.68. The molecular formula is C14H21NO3. The van der Waals surface area contributed by atoms with Crippen molar-refractivity contribution in [1.29, 1.82) is 0 Å². The lowest BCUT2D eigenvalue weighted by molar-refractivity contribution is 0.174. The topological polar surface area (TPSA) is 39.7 Å². The van der Waals surface area contributed by atoms with E-state index in [1.165, 1.54) is 5.56 Å². The van der Waals surface area contributed by atoms with Crippen molar-refractivity contribution < 1.29 is 14.2 Å². The van der Waals surface area contributed by atoms with Gasteiger partial charge in [0.1, 0.15) is 0 Å². The fourth-order valence-electron chi connectivity index (χ4n) is 2.08. The van der Waals surface area contributed by atoms with E-state index >= 15 is 0 Å². The smallest absolute Gasteiger partial charge is 0.231 e. The SMILES string of the molecule is COCCC(C)NC(C)c1ccc2c(c1)OCO2. The van der Waals surface area contributed by atoms with Gasteiger partial charge in [0, 0.05) is 25.8 Å². The van der Waals surface area contributed by atoms with Gasteiger partial charge in [-0.05, 0) is 38.0 Å². The van der Waals surface area contributed by atoms with Crippen LogP contribution in [-0.4, -0.2) is 26.6 Å². The third kappa shape index (κ3) is 3.15. The van der Waals surface area contributed by atoms with Gasteiger partial charge in [-0.3, -0.25) is 0 Å². The maximum absolute atomic E-state index is 5.39. The van der Waals surface area contributed by atoms with Crippen molar-refractivity contribution >= 4 is 0 Å². The molecule has 0 bridgehead atoms. The van der Waals surface area contributed by atoms with Gasteiger partial charge in [0.05, 0.1) is 0 Å². The molecule has 0 spiro atoms. The summed E-state index contributed by atoms with van der Waals surface area (Å²) >= 11 is 0. The molecule has 0 aliphatic carbocycles. The van der Waals surface area contributed by atoms with Gasteiger partial charge in [-0.25, -0.2) is 0 Å². The normalized spacial score (nSPS) is 16.6. The lowest BCUT2D eigenvalue weighted by atomic mass is 10.1. The first kappa shape index (κ1) is 13.2. The first-order valence-corrected chi connectivity index (χ1v) is 6.35. The average Bonchev–Trinajstić information content (AvgIpc) is 2.83. The minimum atomic E-state index is 0.284. The van der Waals surface area contributed by atoms with Crippen LogP contribution in [-0.2, 0) is 4.74 Å². The highest BCUT2D eigenvalue weighted by atomic mass is 16.7. The van der Waals surface area contributed by atoms with Crippen LogP contribution in [0.1, 0.15) is 31.9 Å². The molecule has 1 heterocycles. The van der Waals surface area contributed by atoms with Crippen molar-refractivity contribution in [2.45, 2.75) is 32.4 Å². The number of methoxy groups -OCH3 is 1. The van der Waals surface area contributed by atoms with Gasteiger partial charge in [0.15, 0.2) is 11.5 Å². The zero-order valence-electron chi connectivity index (χ0n) is 11.2. The third-order valence-electron chi connectivity index (χ3n) is 3.19. The molecule has 4 nitrogen and oxygen atoms in total. The van der Waals surface area contributed by atoms with Gasteiger partial charge in [-0.2, -0.15) is 0 Å². The van der Waals surface area contributed by atoms with E-state index in [-0.39, 0.29) is 6.04 Å². The fraction of sp³-hybridized carbons (Fsp3) is 0.571. The minimum Gasteiger partial charge on any atom is -0.454 e. The molecule has 0 aromatic heterocycles. The highest BCUT2D eigenvalue weighted by Gasteiger charge is 2.16. The number of nitrogens with one attached hydrogen (secondary N) is 1.